The summed E-state index contributed by atoms with van der Waals surface area (Å²) >= 11 is 0. The van der Waals surface area contributed by atoms with Gasteiger partial charge in [0.05, 0.1) is 5.41 Å². The standard InChI is InChI=1S/C17H29NO3/c1-3-16(8-4-5-9-16)14(19)18-12-17(15(20)21)10-6-13(2)7-11-17/h13H,3-12H2,1-2H3,(H,18,19)(H,20,21). The molecule has 0 bridgehead atoms. The fraction of sp³-hybridized carbons (Fsp3) is 0.882. The number of hydrogen-bond donors (Lipinski definition) is 2. The first-order valence-corrected chi connectivity index (χ1v) is 8.46. The minimum absolute atomic E-state index is 0.0850. The van der Waals surface area contributed by atoms with Gasteiger partial charge in [-0.25, -0.2) is 0 Å². The van der Waals surface area contributed by atoms with Crippen LogP contribution in [0.25, 0.3) is 0 Å². The van der Waals surface area contributed by atoms with Crippen LogP contribution in [0.5, 0.6) is 0 Å². The summed E-state index contributed by atoms with van der Waals surface area (Å²) in [5.41, 5.74) is -0.975. The highest BCUT2D eigenvalue weighted by Crippen LogP contribution is 2.42. The van der Waals surface area contributed by atoms with Crippen LogP contribution in [0.1, 0.15) is 71.6 Å². The summed E-state index contributed by atoms with van der Waals surface area (Å²) in [7, 11) is 0. The molecule has 120 valence electrons. The number of aliphatic carboxylic acids is 1. The second kappa shape index (κ2) is 6.37. The Morgan fingerprint density at radius 3 is 2.14 bits per heavy atom. The smallest absolute Gasteiger partial charge is 0.311 e. The molecular formula is C17H29NO3. The molecule has 0 aromatic carbocycles. The van der Waals surface area contributed by atoms with Crippen LogP contribution in [0.2, 0.25) is 0 Å². The van der Waals surface area contributed by atoms with Crippen molar-refractivity contribution in [3.8, 4) is 0 Å². The molecule has 0 saturated heterocycles. The van der Waals surface area contributed by atoms with Crippen LogP contribution >= 0.6 is 0 Å². The summed E-state index contributed by atoms with van der Waals surface area (Å²) in [6, 6.07) is 0. The molecule has 2 rings (SSSR count). The molecule has 0 spiro atoms. The van der Waals surface area contributed by atoms with Crippen molar-refractivity contribution in [2.75, 3.05) is 6.54 Å². The maximum absolute atomic E-state index is 12.6. The lowest BCUT2D eigenvalue weighted by Crippen LogP contribution is -2.48. The summed E-state index contributed by atoms with van der Waals surface area (Å²) in [6.07, 6.45) is 8.24. The predicted octanol–water partition coefficient (Wildman–Crippen LogP) is 3.35. The molecule has 21 heavy (non-hydrogen) atoms. The number of hydrogen-bond acceptors (Lipinski definition) is 2. The van der Waals surface area contributed by atoms with Crippen molar-refractivity contribution < 1.29 is 14.7 Å². The normalized spacial score (nSPS) is 31.8. The second-order valence-electron chi connectivity index (χ2n) is 7.29. The number of nitrogens with one attached hydrogen (secondary N) is 1. The quantitative estimate of drug-likeness (QED) is 0.817. The van der Waals surface area contributed by atoms with Crippen molar-refractivity contribution in [1.82, 2.24) is 5.32 Å². The third-order valence-corrected chi connectivity index (χ3v) is 5.99. The number of rotatable bonds is 5. The Bertz CT molecular complexity index is 391. The lowest BCUT2D eigenvalue weighted by atomic mass is 9.70. The van der Waals surface area contributed by atoms with E-state index in [0.29, 0.717) is 25.3 Å². The molecule has 0 unspecified atom stereocenters. The van der Waals surface area contributed by atoms with E-state index >= 15 is 0 Å². The molecule has 2 aliphatic rings. The van der Waals surface area contributed by atoms with Crippen molar-refractivity contribution >= 4 is 11.9 Å². The molecule has 2 aliphatic carbocycles. The van der Waals surface area contributed by atoms with Gasteiger partial charge in [-0.2, -0.15) is 0 Å². The molecule has 1 amide bonds. The first-order chi connectivity index (χ1) is 9.94. The number of carboxylic acid groups (broad SMARTS) is 1. The highest BCUT2D eigenvalue weighted by atomic mass is 16.4. The lowest BCUT2D eigenvalue weighted by Gasteiger charge is -2.37. The Kier molecular flexibility index (Phi) is 4.95. The van der Waals surface area contributed by atoms with Crippen LogP contribution in [0.4, 0.5) is 0 Å². The molecule has 2 N–H and O–H groups in total. The molecule has 0 atom stereocenters. The van der Waals surface area contributed by atoms with Crippen molar-refractivity contribution in [2.24, 2.45) is 16.7 Å². The highest BCUT2D eigenvalue weighted by Gasteiger charge is 2.44. The number of carbonyl (C=O) groups is 2. The van der Waals surface area contributed by atoms with Gasteiger partial charge in [0.25, 0.3) is 0 Å². The number of carboxylic acids is 1. The molecule has 0 aromatic rings. The van der Waals surface area contributed by atoms with Gasteiger partial charge in [0.15, 0.2) is 0 Å². The van der Waals surface area contributed by atoms with E-state index in [0.717, 1.165) is 44.9 Å². The Labute approximate surface area is 127 Å². The second-order valence-corrected chi connectivity index (χ2v) is 7.29. The van der Waals surface area contributed by atoms with Gasteiger partial charge in [-0.3, -0.25) is 9.59 Å². The zero-order valence-electron chi connectivity index (χ0n) is 13.4. The van der Waals surface area contributed by atoms with Gasteiger partial charge in [-0.15, -0.1) is 0 Å². The van der Waals surface area contributed by atoms with Crippen LogP contribution in [0.3, 0.4) is 0 Å². The van der Waals surface area contributed by atoms with E-state index in [4.69, 9.17) is 0 Å². The van der Waals surface area contributed by atoms with Crippen LogP contribution in [0.15, 0.2) is 0 Å². The van der Waals surface area contributed by atoms with Crippen molar-refractivity contribution in [1.29, 1.82) is 0 Å². The summed E-state index contributed by atoms with van der Waals surface area (Å²) in [5, 5.41) is 12.6. The maximum atomic E-state index is 12.6. The van der Waals surface area contributed by atoms with Gasteiger partial charge in [-0.1, -0.05) is 26.7 Å². The average Bonchev–Trinajstić information content (AvgIpc) is 2.96. The fourth-order valence-corrected chi connectivity index (χ4v) is 4.01. The third-order valence-electron chi connectivity index (χ3n) is 5.99. The van der Waals surface area contributed by atoms with E-state index in [1.807, 2.05) is 0 Å². The highest BCUT2D eigenvalue weighted by molar-refractivity contribution is 5.84. The molecule has 2 fully saturated rings. The summed E-state index contributed by atoms with van der Waals surface area (Å²) in [4.78, 5) is 24.3. The Morgan fingerprint density at radius 1 is 1.10 bits per heavy atom. The van der Waals surface area contributed by atoms with Gasteiger partial charge in [-0.05, 0) is 50.9 Å². The fourth-order valence-electron chi connectivity index (χ4n) is 4.01. The Hall–Kier alpha value is -1.06. The van der Waals surface area contributed by atoms with Gasteiger partial charge in [0.1, 0.15) is 0 Å². The molecule has 0 aromatic heterocycles. The zero-order valence-corrected chi connectivity index (χ0v) is 13.4. The molecule has 0 heterocycles. The maximum Gasteiger partial charge on any atom is 0.311 e. The largest absolute Gasteiger partial charge is 0.481 e. The summed E-state index contributed by atoms with van der Waals surface area (Å²) in [6.45, 7) is 4.55. The number of amides is 1. The molecule has 0 radical (unpaired) electrons. The van der Waals surface area contributed by atoms with Crippen molar-refractivity contribution in [3.05, 3.63) is 0 Å². The van der Waals surface area contributed by atoms with Gasteiger partial charge in [0, 0.05) is 12.0 Å². The summed E-state index contributed by atoms with van der Waals surface area (Å²) < 4.78 is 0. The van der Waals surface area contributed by atoms with Crippen molar-refractivity contribution in [2.45, 2.75) is 71.6 Å². The molecule has 4 heteroatoms. The lowest BCUT2D eigenvalue weighted by molar-refractivity contribution is -0.151. The molecule has 2 saturated carbocycles. The number of carbonyl (C=O) groups excluding carboxylic acids is 1. The monoisotopic (exact) mass is 295 g/mol. The van der Waals surface area contributed by atoms with Gasteiger partial charge in [0.2, 0.25) is 5.91 Å². The first-order valence-electron chi connectivity index (χ1n) is 8.46. The minimum atomic E-state index is -0.744. The zero-order chi connectivity index (χ0) is 15.5. The predicted molar refractivity (Wildman–Crippen MR) is 81.9 cm³/mol. The van der Waals surface area contributed by atoms with Gasteiger partial charge >= 0.3 is 5.97 Å². The van der Waals surface area contributed by atoms with Crippen LogP contribution in [-0.4, -0.2) is 23.5 Å². The SMILES string of the molecule is CCC1(C(=O)NCC2(C(=O)O)CCC(C)CC2)CCCC1. The van der Waals surface area contributed by atoms with Crippen LogP contribution in [0, 0.1) is 16.7 Å². The van der Waals surface area contributed by atoms with Crippen LogP contribution < -0.4 is 5.32 Å². The average molecular weight is 295 g/mol. The van der Waals surface area contributed by atoms with E-state index in [2.05, 4.69) is 19.2 Å². The summed E-state index contributed by atoms with van der Waals surface area (Å²) in [5.74, 6) is -0.0570. The van der Waals surface area contributed by atoms with Gasteiger partial charge < -0.3 is 10.4 Å². The Morgan fingerprint density at radius 2 is 1.67 bits per heavy atom. The molecule has 4 nitrogen and oxygen atoms in total. The topological polar surface area (TPSA) is 66.4 Å². The third kappa shape index (κ3) is 3.24. The van der Waals surface area contributed by atoms with E-state index in [1.165, 1.54) is 0 Å². The van der Waals surface area contributed by atoms with Crippen molar-refractivity contribution in [3.63, 3.8) is 0 Å². The first kappa shape index (κ1) is 16.3. The Balaban J connectivity index is 1.99. The van der Waals surface area contributed by atoms with E-state index < -0.39 is 11.4 Å². The van der Waals surface area contributed by atoms with E-state index in [1.54, 1.807) is 0 Å². The van der Waals surface area contributed by atoms with Crippen LogP contribution in [-0.2, 0) is 9.59 Å². The minimum Gasteiger partial charge on any atom is -0.481 e. The molecule has 0 aliphatic heterocycles. The van der Waals surface area contributed by atoms with E-state index in [-0.39, 0.29) is 11.3 Å². The van der Waals surface area contributed by atoms with E-state index in [9.17, 15) is 14.7 Å². The molecular weight excluding hydrogens is 266 g/mol.